The van der Waals surface area contributed by atoms with E-state index in [9.17, 15) is 0 Å². The summed E-state index contributed by atoms with van der Waals surface area (Å²) in [6.07, 6.45) is 10.7. The zero-order valence-electron chi connectivity index (χ0n) is 10.9. The molecule has 4 nitrogen and oxygen atoms in total. The molecule has 0 saturated heterocycles. The van der Waals surface area contributed by atoms with Gasteiger partial charge in [-0.15, -0.1) is 0 Å². The van der Waals surface area contributed by atoms with E-state index >= 15 is 0 Å². The van der Waals surface area contributed by atoms with Crippen LogP contribution in [-0.2, 0) is 11.8 Å². The molecule has 0 aromatic carbocycles. The van der Waals surface area contributed by atoms with Gasteiger partial charge in [0.05, 0.1) is 5.41 Å². The SMILES string of the molecule is c1cc(C2(c3noc(CC4CC4)n3)CCC2)ccn1. The van der Waals surface area contributed by atoms with E-state index < -0.39 is 0 Å². The molecule has 0 aliphatic heterocycles. The summed E-state index contributed by atoms with van der Waals surface area (Å²) in [4.78, 5) is 8.76. The van der Waals surface area contributed by atoms with Crippen LogP contribution in [0.5, 0.6) is 0 Å². The van der Waals surface area contributed by atoms with Crippen molar-refractivity contribution in [3.05, 3.63) is 41.8 Å². The number of nitrogens with zero attached hydrogens (tertiary/aromatic N) is 3. The number of aromatic nitrogens is 3. The molecule has 0 radical (unpaired) electrons. The Morgan fingerprint density at radius 1 is 1.21 bits per heavy atom. The topological polar surface area (TPSA) is 51.8 Å². The normalized spacial score (nSPS) is 21.1. The summed E-state index contributed by atoms with van der Waals surface area (Å²) in [5.41, 5.74) is 1.25. The Hall–Kier alpha value is -1.71. The van der Waals surface area contributed by atoms with Crippen LogP contribution in [0.25, 0.3) is 0 Å². The van der Waals surface area contributed by atoms with Gasteiger partial charge in [0.25, 0.3) is 0 Å². The monoisotopic (exact) mass is 255 g/mol. The van der Waals surface area contributed by atoms with E-state index in [1.54, 1.807) is 0 Å². The van der Waals surface area contributed by atoms with Crippen molar-refractivity contribution < 1.29 is 4.52 Å². The molecule has 19 heavy (non-hydrogen) atoms. The molecule has 2 aliphatic rings. The van der Waals surface area contributed by atoms with Crippen LogP contribution in [0.2, 0.25) is 0 Å². The quantitative estimate of drug-likeness (QED) is 0.843. The van der Waals surface area contributed by atoms with E-state index in [1.807, 2.05) is 12.4 Å². The van der Waals surface area contributed by atoms with Crippen molar-refractivity contribution in [2.45, 2.75) is 43.9 Å². The first-order chi connectivity index (χ1) is 9.37. The fraction of sp³-hybridized carbons (Fsp3) is 0.533. The molecule has 0 unspecified atom stereocenters. The molecule has 4 heteroatoms. The fourth-order valence-corrected chi connectivity index (χ4v) is 2.94. The van der Waals surface area contributed by atoms with E-state index in [0.29, 0.717) is 0 Å². The summed E-state index contributed by atoms with van der Waals surface area (Å²) in [6.45, 7) is 0. The lowest BCUT2D eigenvalue weighted by atomic mass is 9.64. The van der Waals surface area contributed by atoms with Crippen LogP contribution in [0.15, 0.2) is 29.0 Å². The molecule has 0 atom stereocenters. The van der Waals surface area contributed by atoms with Crippen molar-refractivity contribution in [1.82, 2.24) is 15.1 Å². The number of rotatable bonds is 4. The van der Waals surface area contributed by atoms with Gasteiger partial charge in [-0.05, 0) is 49.3 Å². The average Bonchev–Trinajstić information content (AvgIpc) is 3.08. The maximum atomic E-state index is 5.44. The Labute approximate surface area is 112 Å². The highest BCUT2D eigenvalue weighted by Crippen LogP contribution is 2.47. The maximum Gasteiger partial charge on any atom is 0.226 e. The standard InChI is InChI=1S/C15H17N3O/c1-6-15(7-1,12-4-8-16-9-5-12)14-17-13(19-18-14)10-11-2-3-11/h4-5,8-9,11H,1-3,6-7,10H2. The summed E-state index contributed by atoms with van der Waals surface area (Å²) in [7, 11) is 0. The van der Waals surface area contributed by atoms with E-state index in [0.717, 1.165) is 36.9 Å². The first kappa shape index (κ1) is 11.1. The number of hydrogen-bond donors (Lipinski definition) is 0. The third kappa shape index (κ3) is 1.86. The lowest BCUT2D eigenvalue weighted by molar-refractivity contribution is 0.270. The first-order valence-electron chi connectivity index (χ1n) is 7.10. The molecular formula is C15H17N3O. The molecule has 98 valence electrons. The van der Waals surface area contributed by atoms with Crippen LogP contribution in [0, 0.1) is 5.92 Å². The average molecular weight is 255 g/mol. The molecular weight excluding hydrogens is 238 g/mol. The third-order valence-corrected chi connectivity index (χ3v) is 4.50. The van der Waals surface area contributed by atoms with E-state index in [2.05, 4.69) is 27.3 Å². The van der Waals surface area contributed by atoms with Gasteiger partial charge in [-0.2, -0.15) is 4.98 Å². The summed E-state index contributed by atoms with van der Waals surface area (Å²) in [5.74, 6) is 2.48. The molecule has 0 N–H and O–H groups in total. The second-order valence-corrected chi connectivity index (χ2v) is 5.83. The van der Waals surface area contributed by atoms with E-state index in [-0.39, 0.29) is 5.41 Å². The first-order valence-corrected chi connectivity index (χ1v) is 7.10. The van der Waals surface area contributed by atoms with Crippen molar-refractivity contribution in [3.8, 4) is 0 Å². The molecule has 2 saturated carbocycles. The second-order valence-electron chi connectivity index (χ2n) is 5.83. The van der Waals surface area contributed by atoms with Gasteiger partial charge in [0.1, 0.15) is 0 Å². The molecule has 2 aromatic rings. The Kier molecular flexibility index (Phi) is 2.43. The van der Waals surface area contributed by atoms with Gasteiger partial charge in [-0.25, -0.2) is 0 Å². The molecule has 2 aromatic heterocycles. The molecule has 4 rings (SSSR count). The summed E-state index contributed by atoms with van der Waals surface area (Å²) in [6, 6.07) is 4.16. The molecule has 2 fully saturated rings. The Morgan fingerprint density at radius 3 is 2.63 bits per heavy atom. The zero-order chi connectivity index (χ0) is 12.7. The van der Waals surface area contributed by atoms with Gasteiger partial charge < -0.3 is 4.52 Å². The van der Waals surface area contributed by atoms with Gasteiger partial charge in [-0.3, -0.25) is 4.98 Å². The maximum absolute atomic E-state index is 5.44. The summed E-state index contributed by atoms with van der Waals surface area (Å²) in [5, 5.41) is 4.26. The Bertz CT molecular complexity index is 570. The highest BCUT2D eigenvalue weighted by Gasteiger charge is 2.44. The highest BCUT2D eigenvalue weighted by molar-refractivity contribution is 5.34. The molecule has 2 aliphatic carbocycles. The predicted octanol–water partition coefficient (Wildman–Crippen LogP) is 2.89. The number of hydrogen-bond acceptors (Lipinski definition) is 4. The zero-order valence-corrected chi connectivity index (χ0v) is 10.9. The van der Waals surface area contributed by atoms with Gasteiger partial charge in [0.2, 0.25) is 5.89 Å². The van der Waals surface area contributed by atoms with Crippen LogP contribution in [0.3, 0.4) is 0 Å². The lowest BCUT2D eigenvalue weighted by Gasteiger charge is -2.39. The number of pyridine rings is 1. The second kappa shape index (κ2) is 4.15. The summed E-state index contributed by atoms with van der Waals surface area (Å²) >= 11 is 0. The van der Waals surface area contributed by atoms with Crippen LogP contribution >= 0.6 is 0 Å². The van der Waals surface area contributed by atoms with Crippen LogP contribution < -0.4 is 0 Å². The highest BCUT2D eigenvalue weighted by atomic mass is 16.5. The third-order valence-electron chi connectivity index (χ3n) is 4.50. The minimum atomic E-state index is -0.0196. The van der Waals surface area contributed by atoms with Gasteiger partial charge in [0, 0.05) is 18.8 Å². The van der Waals surface area contributed by atoms with Crippen LogP contribution in [-0.4, -0.2) is 15.1 Å². The minimum absolute atomic E-state index is 0.0196. The van der Waals surface area contributed by atoms with Crippen LogP contribution in [0.4, 0.5) is 0 Å². The predicted molar refractivity (Wildman–Crippen MR) is 69.6 cm³/mol. The lowest BCUT2D eigenvalue weighted by Crippen LogP contribution is -2.36. The van der Waals surface area contributed by atoms with Gasteiger partial charge in [-0.1, -0.05) is 11.6 Å². The van der Waals surface area contributed by atoms with E-state index in [4.69, 9.17) is 4.52 Å². The molecule has 0 amide bonds. The Morgan fingerprint density at radius 2 is 2.00 bits per heavy atom. The molecule has 0 bridgehead atoms. The summed E-state index contributed by atoms with van der Waals surface area (Å²) < 4.78 is 5.44. The van der Waals surface area contributed by atoms with Gasteiger partial charge >= 0.3 is 0 Å². The van der Waals surface area contributed by atoms with Crippen molar-refractivity contribution >= 4 is 0 Å². The van der Waals surface area contributed by atoms with Crippen molar-refractivity contribution in [1.29, 1.82) is 0 Å². The largest absolute Gasteiger partial charge is 0.339 e. The molecule has 2 heterocycles. The smallest absolute Gasteiger partial charge is 0.226 e. The molecule has 0 spiro atoms. The minimum Gasteiger partial charge on any atom is -0.339 e. The fourth-order valence-electron chi connectivity index (χ4n) is 2.94. The Balaban J connectivity index is 1.66. The van der Waals surface area contributed by atoms with E-state index in [1.165, 1.54) is 24.8 Å². The van der Waals surface area contributed by atoms with Gasteiger partial charge in [0.15, 0.2) is 5.82 Å². The van der Waals surface area contributed by atoms with Crippen molar-refractivity contribution in [2.24, 2.45) is 5.92 Å². The van der Waals surface area contributed by atoms with Crippen molar-refractivity contribution in [3.63, 3.8) is 0 Å². The van der Waals surface area contributed by atoms with Crippen molar-refractivity contribution in [2.75, 3.05) is 0 Å². The van der Waals surface area contributed by atoms with Crippen LogP contribution in [0.1, 0.15) is 49.4 Å².